The summed E-state index contributed by atoms with van der Waals surface area (Å²) in [6.45, 7) is 6.04. The third kappa shape index (κ3) is 14.2. The molecule has 0 aromatic carbocycles. The summed E-state index contributed by atoms with van der Waals surface area (Å²) in [6, 6.07) is 0. The Labute approximate surface area is 425 Å². The molecule has 7 aliphatic rings. The number of carbonyl (C=O) groups is 2. The molecule has 18 heteroatoms. The van der Waals surface area contributed by atoms with E-state index >= 15 is 0 Å². The number of aliphatic hydroxyl groups is 5. The van der Waals surface area contributed by atoms with Crippen molar-refractivity contribution >= 4 is 23.5 Å². The van der Waals surface area contributed by atoms with E-state index in [4.69, 9.17) is 54.2 Å². The van der Waals surface area contributed by atoms with Crippen LogP contribution < -0.4 is 0 Å². The Morgan fingerprint density at radius 3 is 2.20 bits per heavy atom. The fourth-order valence-electron chi connectivity index (χ4n) is 12.3. The number of aliphatic hydroxyl groups excluding tert-OH is 5. The number of hydrogen-bond acceptors (Lipinski definition) is 17. The van der Waals surface area contributed by atoms with Crippen LogP contribution in [-0.4, -0.2) is 167 Å². The number of esters is 2. The van der Waals surface area contributed by atoms with Gasteiger partial charge in [0.15, 0.2) is 23.5 Å². The molecule has 7 fully saturated rings. The first-order chi connectivity index (χ1) is 33.9. The van der Waals surface area contributed by atoms with Gasteiger partial charge in [-0.15, -0.1) is 11.6 Å². The molecular weight excluding hydrogens is 944 g/mol. The van der Waals surface area contributed by atoms with E-state index in [1.54, 1.807) is 20.3 Å². The molecule has 17 nitrogen and oxygen atoms in total. The van der Waals surface area contributed by atoms with Crippen LogP contribution >= 0.6 is 11.6 Å². The minimum absolute atomic E-state index is 0.0259. The first-order valence-electron chi connectivity index (χ1n) is 26.6. The quantitative estimate of drug-likeness (QED) is 0.104. The zero-order valence-electron chi connectivity index (χ0n) is 42.9. The van der Waals surface area contributed by atoms with Gasteiger partial charge in [0.05, 0.1) is 73.8 Å². The monoisotopic (exact) mass is 1030 g/mol. The number of fused-ring (bicyclic) bond motifs is 6. The predicted molar refractivity (Wildman–Crippen MR) is 259 cm³/mol. The molecule has 0 amide bonds. The Hall–Kier alpha value is -1.81. The lowest BCUT2D eigenvalue weighted by atomic mass is 9.81. The van der Waals surface area contributed by atoms with Gasteiger partial charge in [-0.1, -0.05) is 45.1 Å². The average molecular weight is 1030 g/mol. The van der Waals surface area contributed by atoms with Crippen LogP contribution in [0.25, 0.3) is 0 Å². The lowest BCUT2D eigenvalue weighted by Crippen LogP contribution is -2.61. The van der Waals surface area contributed by atoms with E-state index < -0.39 is 114 Å². The molecule has 0 aromatic heterocycles. The number of halogens is 1. The van der Waals surface area contributed by atoms with Crippen molar-refractivity contribution in [3.63, 3.8) is 0 Å². The number of ether oxygens (including phenoxy) is 10. The van der Waals surface area contributed by atoms with Crippen LogP contribution in [0.4, 0.5) is 0 Å². The lowest BCUT2D eigenvalue weighted by Gasteiger charge is -2.54. The Morgan fingerprint density at radius 1 is 0.732 bits per heavy atom. The number of carbonyl (C=O) groups excluding carboxylic acids is 2. The highest BCUT2D eigenvalue weighted by atomic mass is 35.5. The molecule has 7 rings (SSSR count). The molecular formula is C53H85ClO17. The molecule has 0 saturated carbocycles. The standard InChI is InChI=1S/C53H85ClO17/c1-31-19-22-51-24-21-41(62-4)49(70-51)48(60)47(59)32(2)17-18-40-46(54)44(63-5)29-52(67-40)23-20-33(3)53(71-52)30-43(39(69-53)16-11-9-7-8-10-15-38(57)50(61)64-6)66-45(58)28-37-14-12-13-36(65-37)26-34(55)25-35(56)27-42(31)68-51/h8-11,31-44,46-49,55-57,59-60H,7,12-30H2,1-6H3/b10-8-,11-9+/t31-,32+,33-,34+,35-,36-,37+,38+,39-,40+,41-,42-,43-,44+,46+,47-,48-,49-,51-,52+,53+/m0/s1. The smallest absolute Gasteiger partial charge is 0.335 e. The Bertz CT molecular complexity index is 1770. The fourth-order valence-corrected chi connectivity index (χ4v) is 12.7. The van der Waals surface area contributed by atoms with Crippen molar-refractivity contribution in [1.82, 2.24) is 0 Å². The van der Waals surface area contributed by atoms with Gasteiger partial charge in [0.2, 0.25) is 0 Å². The molecule has 71 heavy (non-hydrogen) atoms. The highest BCUT2D eigenvalue weighted by Crippen LogP contribution is 2.53. The molecule has 406 valence electrons. The van der Waals surface area contributed by atoms with E-state index in [2.05, 4.69) is 18.6 Å². The number of alkyl halides is 1. The molecule has 3 spiro atoms. The van der Waals surface area contributed by atoms with Crippen LogP contribution in [0.2, 0.25) is 0 Å². The van der Waals surface area contributed by atoms with Crippen LogP contribution in [0.3, 0.4) is 0 Å². The molecule has 7 aliphatic heterocycles. The van der Waals surface area contributed by atoms with Crippen LogP contribution in [-0.2, 0) is 57.0 Å². The molecule has 0 unspecified atom stereocenters. The van der Waals surface area contributed by atoms with Gasteiger partial charge in [-0.3, -0.25) is 4.79 Å². The van der Waals surface area contributed by atoms with Gasteiger partial charge in [0, 0.05) is 58.7 Å². The average Bonchev–Trinajstić information content (AvgIpc) is 3.68. The number of allylic oxidation sites excluding steroid dienone is 2. The minimum atomic E-state index is -1.31. The third-order valence-corrected chi connectivity index (χ3v) is 17.3. The SMILES string of the molecule is COC(=O)[C@H](O)C/C=C\C/C=C/C[C@@H]1O[C@@]23C[C@@H]1OC(=O)C[C@H]1CCC[C@@H](C[C@H](O)C[C@H](O)C[C@@H]4O[C@@]5(CC[C@H](OC)[C@H](O5)[C@@H](O)[C@@H](O)[C@H](C)CC[C@H]5O[C@@](CC[C@@H]2C)(C[C@@H](OC)[C@@H]5Cl)O3)CC[C@@H]4C)O1. The summed E-state index contributed by atoms with van der Waals surface area (Å²) in [4.78, 5) is 25.6. The van der Waals surface area contributed by atoms with Gasteiger partial charge in [0.1, 0.15) is 24.4 Å². The topological polar surface area (TPSA) is 228 Å². The first-order valence-corrected chi connectivity index (χ1v) is 27.1. The molecule has 5 N–H and O–H groups in total. The van der Waals surface area contributed by atoms with Gasteiger partial charge in [-0.2, -0.15) is 0 Å². The second kappa shape index (κ2) is 25.4. The predicted octanol–water partition coefficient (Wildman–Crippen LogP) is 5.83. The molecule has 7 saturated heterocycles. The van der Waals surface area contributed by atoms with Gasteiger partial charge in [0.25, 0.3) is 0 Å². The Balaban J connectivity index is 1.13. The van der Waals surface area contributed by atoms with Crippen LogP contribution in [0, 0.1) is 17.8 Å². The summed E-state index contributed by atoms with van der Waals surface area (Å²) in [6.07, 6.45) is 6.36. The van der Waals surface area contributed by atoms with Gasteiger partial charge in [-0.25, -0.2) is 4.79 Å². The van der Waals surface area contributed by atoms with Crippen LogP contribution in [0.15, 0.2) is 24.3 Å². The Kier molecular flexibility index (Phi) is 20.3. The Morgan fingerprint density at radius 2 is 1.44 bits per heavy atom. The molecule has 21 atom stereocenters. The fraction of sp³-hybridized carbons (Fsp3) is 0.887. The minimum Gasteiger partial charge on any atom is -0.467 e. The van der Waals surface area contributed by atoms with Crippen LogP contribution in [0.5, 0.6) is 0 Å². The van der Waals surface area contributed by atoms with Gasteiger partial charge in [-0.05, 0) is 95.3 Å². The van der Waals surface area contributed by atoms with Crippen molar-refractivity contribution in [1.29, 1.82) is 0 Å². The largest absolute Gasteiger partial charge is 0.467 e. The summed E-state index contributed by atoms with van der Waals surface area (Å²) < 4.78 is 63.8. The maximum Gasteiger partial charge on any atom is 0.335 e. The summed E-state index contributed by atoms with van der Waals surface area (Å²) in [5, 5.41) is 55.8. The lowest BCUT2D eigenvalue weighted by molar-refractivity contribution is -0.413. The second-order valence-electron chi connectivity index (χ2n) is 22.0. The van der Waals surface area contributed by atoms with Gasteiger partial charge < -0.3 is 72.9 Å². The molecule has 0 aromatic rings. The third-order valence-electron chi connectivity index (χ3n) is 16.7. The second-order valence-corrected chi connectivity index (χ2v) is 22.5. The van der Waals surface area contributed by atoms with Crippen molar-refractivity contribution in [2.24, 2.45) is 17.8 Å². The molecule has 0 aliphatic carbocycles. The number of methoxy groups -OCH3 is 3. The van der Waals surface area contributed by atoms with Gasteiger partial charge >= 0.3 is 11.9 Å². The zero-order chi connectivity index (χ0) is 51.1. The van der Waals surface area contributed by atoms with Crippen molar-refractivity contribution in [2.75, 3.05) is 21.3 Å². The highest BCUT2D eigenvalue weighted by molar-refractivity contribution is 6.21. The summed E-state index contributed by atoms with van der Waals surface area (Å²) in [5.74, 6) is -4.91. The van der Waals surface area contributed by atoms with Crippen molar-refractivity contribution < 1.29 is 82.5 Å². The zero-order valence-corrected chi connectivity index (χ0v) is 43.6. The summed E-state index contributed by atoms with van der Waals surface area (Å²) in [7, 11) is 4.43. The maximum atomic E-state index is 13.9. The summed E-state index contributed by atoms with van der Waals surface area (Å²) >= 11 is 7.16. The van der Waals surface area contributed by atoms with E-state index in [1.807, 2.05) is 25.2 Å². The maximum absolute atomic E-state index is 13.9. The molecule has 0 radical (unpaired) electrons. The van der Waals surface area contributed by atoms with Crippen LogP contribution in [0.1, 0.15) is 149 Å². The van der Waals surface area contributed by atoms with E-state index in [-0.39, 0.29) is 56.1 Å². The van der Waals surface area contributed by atoms with Crippen molar-refractivity contribution in [3.8, 4) is 0 Å². The van der Waals surface area contributed by atoms with Crippen molar-refractivity contribution in [3.05, 3.63) is 24.3 Å². The van der Waals surface area contributed by atoms with E-state index in [0.29, 0.717) is 83.5 Å². The number of rotatable bonds is 9. The normalized spacial score (nSPS) is 45.9. The molecule has 7 heterocycles. The van der Waals surface area contributed by atoms with E-state index in [0.717, 1.165) is 12.8 Å². The van der Waals surface area contributed by atoms with E-state index in [9.17, 15) is 35.1 Å². The van der Waals surface area contributed by atoms with E-state index in [1.165, 1.54) is 7.11 Å². The number of hydrogen-bond donors (Lipinski definition) is 5. The molecule has 9 bridgehead atoms. The first kappa shape index (κ1) is 56.9. The van der Waals surface area contributed by atoms with Crippen molar-refractivity contribution in [2.45, 2.75) is 257 Å². The summed E-state index contributed by atoms with van der Waals surface area (Å²) in [5.41, 5.74) is 0. The highest BCUT2D eigenvalue weighted by Gasteiger charge is 2.61.